The summed E-state index contributed by atoms with van der Waals surface area (Å²) in [5, 5.41) is 13.3. The highest BCUT2D eigenvalue weighted by Crippen LogP contribution is 2.28. The van der Waals surface area contributed by atoms with Crippen LogP contribution >= 0.6 is 11.3 Å². The van der Waals surface area contributed by atoms with Crippen molar-refractivity contribution in [3.05, 3.63) is 52.2 Å². The molecule has 1 aromatic heterocycles. The Balaban J connectivity index is 2.07. The van der Waals surface area contributed by atoms with Crippen molar-refractivity contribution < 1.29 is 23.8 Å². The number of nitriles is 1. The van der Waals surface area contributed by atoms with Gasteiger partial charge in [0.1, 0.15) is 6.07 Å². The molecule has 28 heavy (non-hydrogen) atoms. The van der Waals surface area contributed by atoms with Crippen molar-refractivity contribution in [2.75, 3.05) is 20.8 Å². The highest BCUT2D eigenvalue weighted by molar-refractivity contribution is 7.10. The van der Waals surface area contributed by atoms with Gasteiger partial charge in [0, 0.05) is 11.0 Å². The molecule has 0 aliphatic heterocycles. The summed E-state index contributed by atoms with van der Waals surface area (Å²) in [7, 11) is 2.81. The molecule has 2 rings (SSSR count). The number of nitrogens with zero attached hydrogens (tertiary/aromatic N) is 1. The van der Waals surface area contributed by atoms with Crippen LogP contribution in [0, 0.1) is 11.3 Å². The number of amides is 1. The second-order valence-corrected chi connectivity index (χ2v) is 6.53. The topological polar surface area (TPSA) is 97.6 Å². The lowest BCUT2D eigenvalue weighted by Crippen LogP contribution is -2.28. The van der Waals surface area contributed by atoms with Crippen LogP contribution < -0.4 is 14.8 Å². The third kappa shape index (κ3) is 6.14. The Labute approximate surface area is 167 Å². The third-order valence-electron chi connectivity index (χ3n) is 3.71. The van der Waals surface area contributed by atoms with E-state index < -0.39 is 12.0 Å². The van der Waals surface area contributed by atoms with Crippen molar-refractivity contribution >= 4 is 29.3 Å². The summed E-state index contributed by atoms with van der Waals surface area (Å²) in [6.07, 6.45) is 3.05. The zero-order chi connectivity index (χ0) is 20.4. The fourth-order valence-electron chi connectivity index (χ4n) is 2.37. The number of esters is 1. The predicted molar refractivity (Wildman–Crippen MR) is 105 cm³/mol. The first-order chi connectivity index (χ1) is 13.6. The molecule has 1 heterocycles. The minimum Gasteiger partial charge on any atom is -0.493 e. The molecular formula is C20H20N2O5S. The second-order valence-electron chi connectivity index (χ2n) is 5.55. The Morgan fingerprint density at radius 2 is 2.11 bits per heavy atom. The van der Waals surface area contributed by atoms with Crippen molar-refractivity contribution in [1.29, 1.82) is 5.26 Å². The zero-order valence-electron chi connectivity index (χ0n) is 15.5. The van der Waals surface area contributed by atoms with E-state index in [2.05, 4.69) is 5.32 Å². The maximum absolute atomic E-state index is 12.3. The standard InChI is InChI=1S/C20H20N2O5S/c1-25-17-12-14(5-7-16(17)27-10-9-21)6-8-19(23)22-15(13-20(24)26-2)18-4-3-11-28-18/h3-8,11-12,15H,10,13H2,1-2H3,(H,22,23)/b8-6+. The largest absolute Gasteiger partial charge is 0.493 e. The monoisotopic (exact) mass is 400 g/mol. The van der Waals surface area contributed by atoms with Crippen molar-refractivity contribution in [3.8, 4) is 17.6 Å². The van der Waals surface area contributed by atoms with Gasteiger partial charge in [0.25, 0.3) is 0 Å². The van der Waals surface area contributed by atoms with E-state index in [1.807, 2.05) is 23.6 Å². The molecule has 2 aromatic rings. The molecule has 0 aliphatic carbocycles. The molecule has 0 fully saturated rings. The van der Waals surface area contributed by atoms with E-state index in [-0.39, 0.29) is 18.9 Å². The smallest absolute Gasteiger partial charge is 0.307 e. The van der Waals surface area contributed by atoms with E-state index in [1.165, 1.54) is 31.6 Å². The minimum absolute atomic E-state index is 0.0509. The maximum atomic E-state index is 12.3. The van der Waals surface area contributed by atoms with Crippen molar-refractivity contribution in [2.45, 2.75) is 12.5 Å². The number of ether oxygens (including phenoxy) is 3. The first kappa shape index (κ1) is 21.0. The molecule has 1 unspecified atom stereocenters. The zero-order valence-corrected chi connectivity index (χ0v) is 16.3. The van der Waals surface area contributed by atoms with Crippen LogP contribution in [0.4, 0.5) is 0 Å². The molecule has 7 nitrogen and oxygen atoms in total. The van der Waals surface area contributed by atoms with Crippen LogP contribution in [0.15, 0.2) is 41.8 Å². The number of hydrogen-bond donors (Lipinski definition) is 1. The molecule has 0 bridgehead atoms. The summed E-state index contributed by atoms with van der Waals surface area (Å²) in [6, 6.07) is 10.2. The summed E-state index contributed by atoms with van der Waals surface area (Å²) >= 11 is 1.45. The lowest BCUT2D eigenvalue weighted by atomic mass is 10.1. The fourth-order valence-corrected chi connectivity index (χ4v) is 3.15. The van der Waals surface area contributed by atoms with Crippen LogP contribution in [0.1, 0.15) is 22.9 Å². The van der Waals surface area contributed by atoms with E-state index in [0.29, 0.717) is 11.5 Å². The maximum Gasteiger partial charge on any atom is 0.307 e. The van der Waals surface area contributed by atoms with Crippen LogP contribution in [-0.2, 0) is 14.3 Å². The van der Waals surface area contributed by atoms with Gasteiger partial charge < -0.3 is 19.5 Å². The number of carbonyl (C=O) groups is 2. The van der Waals surface area contributed by atoms with Crippen LogP contribution in [0.5, 0.6) is 11.5 Å². The number of thiophene rings is 1. The van der Waals surface area contributed by atoms with Gasteiger partial charge in [0.15, 0.2) is 18.1 Å². The molecule has 8 heteroatoms. The van der Waals surface area contributed by atoms with Crippen LogP contribution in [0.3, 0.4) is 0 Å². The summed E-state index contributed by atoms with van der Waals surface area (Å²) in [5.74, 6) is 0.160. The van der Waals surface area contributed by atoms with Crippen LogP contribution in [0.2, 0.25) is 0 Å². The first-order valence-electron chi connectivity index (χ1n) is 8.34. The van der Waals surface area contributed by atoms with Gasteiger partial charge in [-0.1, -0.05) is 12.1 Å². The Bertz CT molecular complexity index is 871. The molecule has 0 aliphatic rings. The summed E-state index contributed by atoms with van der Waals surface area (Å²) < 4.78 is 15.2. The fraction of sp³-hybridized carbons (Fsp3) is 0.250. The van der Waals surface area contributed by atoms with Crippen LogP contribution in [-0.4, -0.2) is 32.7 Å². The minimum atomic E-state index is -0.458. The average Bonchev–Trinajstić information content (AvgIpc) is 3.25. The highest BCUT2D eigenvalue weighted by atomic mass is 32.1. The Kier molecular flexibility index (Phi) is 8.06. The van der Waals surface area contributed by atoms with Crippen molar-refractivity contribution in [1.82, 2.24) is 5.32 Å². The number of nitrogens with one attached hydrogen (secondary N) is 1. The average molecular weight is 400 g/mol. The van der Waals surface area contributed by atoms with Gasteiger partial charge in [-0.25, -0.2) is 0 Å². The molecule has 0 radical (unpaired) electrons. The van der Waals surface area contributed by atoms with Gasteiger partial charge in [-0.2, -0.15) is 5.26 Å². The van der Waals surface area contributed by atoms with Crippen molar-refractivity contribution in [2.24, 2.45) is 0 Å². The van der Waals surface area contributed by atoms with E-state index in [1.54, 1.807) is 24.3 Å². The van der Waals surface area contributed by atoms with Gasteiger partial charge in [0.05, 0.1) is 26.7 Å². The summed E-state index contributed by atoms with van der Waals surface area (Å²) in [4.78, 5) is 24.8. The van der Waals surface area contributed by atoms with Crippen molar-refractivity contribution in [3.63, 3.8) is 0 Å². The predicted octanol–water partition coefficient (Wildman–Crippen LogP) is 3.09. The molecule has 0 saturated heterocycles. The van der Waals surface area contributed by atoms with Crippen LogP contribution in [0.25, 0.3) is 6.08 Å². The molecule has 1 amide bonds. The Morgan fingerprint density at radius 1 is 1.29 bits per heavy atom. The lowest BCUT2D eigenvalue weighted by molar-refractivity contribution is -0.141. The molecule has 146 valence electrons. The molecule has 0 spiro atoms. The highest BCUT2D eigenvalue weighted by Gasteiger charge is 2.18. The normalized spacial score (nSPS) is 11.5. The van der Waals surface area contributed by atoms with Gasteiger partial charge in [-0.3, -0.25) is 9.59 Å². The van der Waals surface area contributed by atoms with Gasteiger partial charge in [-0.15, -0.1) is 11.3 Å². The Morgan fingerprint density at radius 3 is 2.75 bits per heavy atom. The third-order valence-corrected chi connectivity index (χ3v) is 4.69. The quantitative estimate of drug-likeness (QED) is 0.513. The summed E-state index contributed by atoms with van der Waals surface area (Å²) in [6.45, 7) is -0.0851. The number of hydrogen-bond acceptors (Lipinski definition) is 7. The van der Waals surface area contributed by atoms with E-state index in [0.717, 1.165) is 10.4 Å². The van der Waals surface area contributed by atoms with Gasteiger partial charge >= 0.3 is 5.97 Å². The number of carbonyl (C=O) groups excluding carboxylic acids is 2. The van der Waals surface area contributed by atoms with E-state index in [4.69, 9.17) is 19.5 Å². The molecular weight excluding hydrogens is 380 g/mol. The summed E-state index contributed by atoms with van der Waals surface area (Å²) in [5.41, 5.74) is 0.719. The number of benzene rings is 1. The second kappa shape index (κ2) is 10.7. The number of rotatable bonds is 9. The Hall–Kier alpha value is -3.31. The van der Waals surface area contributed by atoms with E-state index >= 15 is 0 Å². The lowest BCUT2D eigenvalue weighted by Gasteiger charge is -2.15. The number of methoxy groups -OCH3 is 2. The van der Waals surface area contributed by atoms with Gasteiger partial charge in [0.2, 0.25) is 5.91 Å². The first-order valence-corrected chi connectivity index (χ1v) is 9.22. The SMILES string of the molecule is COC(=O)CC(NC(=O)/C=C/c1ccc(OCC#N)c(OC)c1)c1cccs1. The molecule has 1 atom stereocenters. The molecule has 1 N–H and O–H groups in total. The molecule has 0 saturated carbocycles. The van der Waals surface area contributed by atoms with Gasteiger partial charge in [-0.05, 0) is 35.2 Å². The molecule has 1 aromatic carbocycles. The van der Waals surface area contributed by atoms with E-state index in [9.17, 15) is 9.59 Å².